The molecule has 0 saturated carbocycles. The van der Waals surface area contributed by atoms with Crippen molar-refractivity contribution in [3.05, 3.63) is 28.0 Å². The predicted octanol–water partition coefficient (Wildman–Crippen LogP) is 1.51. The summed E-state index contributed by atoms with van der Waals surface area (Å²) in [5.41, 5.74) is 0. The van der Waals surface area contributed by atoms with Crippen molar-refractivity contribution in [1.29, 1.82) is 0 Å². The Labute approximate surface area is 115 Å². The average Bonchev–Trinajstić information content (AvgIpc) is 2.85. The smallest absolute Gasteiger partial charge is 0.433 e. The largest absolute Gasteiger partial charge is 0.464 e. The standard InChI is InChI=1S/C12H16N2O6/c1-4-19-12(16)10(7(2)3)13-11(15)8-5-6-9(20-8)14(17)18/h5-7,10H,4H2,1-3H3,(H,13,15). The molecule has 0 radical (unpaired) electrons. The van der Waals surface area contributed by atoms with Gasteiger partial charge in [-0.2, -0.15) is 0 Å². The summed E-state index contributed by atoms with van der Waals surface area (Å²) in [5.74, 6) is -2.22. The second kappa shape index (κ2) is 6.69. The van der Waals surface area contributed by atoms with Crippen molar-refractivity contribution in [2.24, 2.45) is 5.92 Å². The molecular formula is C12H16N2O6. The molecule has 20 heavy (non-hydrogen) atoms. The number of carbonyl (C=O) groups excluding carboxylic acids is 2. The Morgan fingerprint density at radius 3 is 2.55 bits per heavy atom. The zero-order chi connectivity index (χ0) is 15.3. The number of hydrogen-bond acceptors (Lipinski definition) is 6. The number of nitro groups is 1. The molecule has 0 bridgehead atoms. The van der Waals surface area contributed by atoms with Crippen LogP contribution >= 0.6 is 0 Å². The lowest BCUT2D eigenvalue weighted by Crippen LogP contribution is -2.45. The van der Waals surface area contributed by atoms with Crippen LogP contribution in [0.15, 0.2) is 16.5 Å². The van der Waals surface area contributed by atoms with Crippen molar-refractivity contribution in [3.63, 3.8) is 0 Å². The van der Waals surface area contributed by atoms with Crippen molar-refractivity contribution in [3.8, 4) is 0 Å². The van der Waals surface area contributed by atoms with E-state index < -0.39 is 28.7 Å². The molecule has 110 valence electrons. The van der Waals surface area contributed by atoms with Gasteiger partial charge in [-0.25, -0.2) is 4.79 Å². The molecular weight excluding hydrogens is 268 g/mol. The third-order valence-electron chi connectivity index (χ3n) is 2.49. The van der Waals surface area contributed by atoms with E-state index in [-0.39, 0.29) is 18.3 Å². The maximum absolute atomic E-state index is 11.9. The SMILES string of the molecule is CCOC(=O)C(NC(=O)c1ccc([N+](=O)[O-])o1)C(C)C. The van der Waals surface area contributed by atoms with Crippen LogP contribution in [0.4, 0.5) is 5.88 Å². The highest BCUT2D eigenvalue weighted by molar-refractivity contribution is 5.94. The number of esters is 1. The molecule has 1 unspecified atom stereocenters. The van der Waals surface area contributed by atoms with Crippen LogP contribution in [0, 0.1) is 16.0 Å². The average molecular weight is 284 g/mol. The van der Waals surface area contributed by atoms with Crippen molar-refractivity contribution in [1.82, 2.24) is 5.32 Å². The van der Waals surface area contributed by atoms with Crippen molar-refractivity contribution in [2.45, 2.75) is 26.8 Å². The number of rotatable bonds is 6. The quantitative estimate of drug-likeness (QED) is 0.481. The summed E-state index contributed by atoms with van der Waals surface area (Å²) in [6.45, 7) is 5.34. The number of nitrogens with zero attached hydrogens (tertiary/aromatic N) is 1. The normalized spacial score (nSPS) is 12.0. The fourth-order valence-corrected chi connectivity index (χ4v) is 1.49. The van der Waals surface area contributed by atoms with Gasteiger partial charge in [-0.05, 0) is 18.9 Å². The second-order valence-electron chi connectivity index (χ2n) is 4.34. The first kappa shape index (κ1) is 15.7. The maximum atomic E-state index is 11.9. The van der Waals surface area contributed by atoms with E-state index >= 15 is 0 Å². The summed E-state index contributed by atoms with van der Waals surface area (Å²) >= 11 is 0. The van der Waals surface area contributed by atoms with Gasteiger partial charge in [0.2, 0.25) is 0 Å². The number of amides is 1. The van der Waals surface area contributed by atoms with Gasteiger partial charge in [0.05, 0.1) is 12.7 Å². The molecule has 0 fully saturated rings. The summed E-state index contributed by atoms with van der Waals surface area (Å²) in [5, 5.41) is 12.9. The third kappa shape index (κ3) is 3.81. The third-order valence-corrected chi connectivity index (χ3v) is 2.49. The van der Waals surface area contributed by atoms with Gasteiger partial charge >= 0.3 is 11.9 Å². The first-order chi connectivity index (χ1) is 9.36. The molecule has 1 rings (SSSR count). The summed E-state index contributed by atoms with van der Waals surface area (Å²) in [6, 6.07) is 1.41. The van der Waals surface area contributed by atoms with Gasteiger partial charge in [-0.15, -0.1) is 0 Å². The Hall–Kier alpha value is -2.38. The lowest BCUT2D eigenvalue weighted by Gasteiger charge is -2.19. The molecule has 8 nitrogen and oxygen atoms in total. The molecule has 1 heterocycles. The van der Waals surface area contributed by atoms with Crippen molar-refractivity contribution in [2.75, 3.05) is 6.61 Å². The minimum Gasteiger partial charge on any atom is -0.464 e. The molecule has 1 N–H and O–H groups in total. The Morgan fingerprint density at radius 1 is 1.45 bits per heavy atom. The van der Waals surface area contributed by atoms with Crippen LogP contribution in [0.5, 0.6) is 0 Å². The molecule has 1 atom stereocenters. The minimum atomic E-state index is -0.841. The molecule has 0 aromatic carbocycles. The van der Waals surface area contributed by atoms with Gasteiger partial charge in [0, 0.05) is 0 Å². The fourth-order valence-electron chi connectivity index (χ4n) is 1.49. The van der Waals surface area contributed by atoms with Crippen LogP contribution in [0.25, 0.3) is 0 Å². The van der Waals surface area contributed by atoms with Crippen LogP contribution in [0.2, 0.25) is 0 Å². The summed E-state index contributed by atoms with van der Waals surface area (Å²) < 4.78 is 9.62. The molecule has 0 spiro atoms. The summed E-state index contributed by atoms with van der Waals surface area (Å²) in [4.78, 5) is 33.3. The zero-order valence-electron chi connectivity index (χ0n) is 11.4. The predicted molar refractivity (Wildman–Crippen MR) is 68.1 cm³/mol. The molecule has 8 heteroatoms. The van der Waals surface area contributed by atoms with Crippen LogP contribution < -0.4 is 5.32 Å². The van der Waals surface area contributed by atoms with E-state index in [9.17, 15) is 19.7 Å². The molecule has 0 aliphatic rings. The molecule has 0 aliphatic heterocycles. The Balaban J connectivity index is 2.79. The van der Waals surface area contributed by atoms with E-state index in [1.54, 1.807) is 20.8 Å². The molecule has 1 aromatic rings. The summed E-state index contributed by atoms with van der Waals surface area (Å²) in [6.07, 6.45) is 0. The number of ether oxygens (including phenoxy) is 1. The minimum absolute atomic E-state index is 0.192. The Bertz CT molecular complexity index is 508. The fraction of sp³-hybridized carbons (Fsp3) is 0.500. The Kier molecular flexibility index (Phi) is 5.24. The lowest BCUT2D eigenvalue weighted by molar-refractivity contribution is -0.402. The van der Waals surface area contributed by atoms with Gasteiger partial charge < -0.3 is 14.5 Å². The van der Waals surface area contributed by atoms with E-state index in [4.69, 9.17) is 9.15 Å². The monoisotopic (exact) mass is 284 g/mol. The van der Waals surface area contributed by atoms with Crippen molar-refractivity contribution < 1.29 is 23.7 Å². The van der Waals surface area contributed by atoms with Crippen LogP contribution in [0.3, 0.4) is 0 Å². The van der Waals surface area contributed by atoms with Crippen LogP contribution in [-0.2, 0) is 9.53 Å². The first-order valence-electron chi connectivity index (χ1n) is 6.08. The number of furan rings is 1. The van der Waals surface area contributed by atoms with Crippen molar-refractivity contribution >= 4 is 17.8 Å². The maximum Gasteiger partial charge on any atom is 0.433 e. The summed E-state index contributed by atoms with van der Waals surface area (Å²) in [7, 11) is 0. The van der Waals surface area contributed by atoms with Gasteiger partial charge in [0.25, 0.3) is 5.91 Å². The van der Waals surface area contributed by atoms with Gasteiger partial charge in [0.15, 0.2) is 5.76 Å². The first-order valence-corrected chi connectivity index (χ1v) is 6.08. The number of carbonyl (C=O) groups is 2. The van der Waals surface area contributed by atoms with E-state index in [0.717, 1.165) is 6.07 Å². The van der Waals surface area contributed by atoms with Crippen LogP contribution in [-0.4, -0.2) is 29.4 Å². The Morgan fingerprint density at radius 2 is 2.10 bits per heavy atom. The number of hydrogen-bond donors (Lipinski definition) is 1. The van der Waals surface area contributed by atoms with E-state index in [1.165, 1.54) is 6.07 Å². The van der Waals surface area contributed by atoms with Gasteiger partial charge in [-0.3, -0.25) is 14.9 Å². The highest BCUT2D eigenvalue weighted by Gasteiger charge is 2.27. The van der Waals surface area contributed by atoms with E-state index in [1.807, 2.05) is 0 Å². The highest BCUT2D eigenvalue weighted by Crippen LogP contribution is 2.16. The number of nitrogens with one attached hydrogen (secondary N) is 1. The second-order valence-corrected chi connectivity index (χ2v) is 4.34. The highest BCUT2D eigenvalue weighted by atomic mass is 16.6. The molecule has 1 amide bonds. The molecule has 0 saturated heterocycles. The van der Waals surface area contributed by atoms with E-state index in [0.29, 0.717) is 0 Å². The van der Waals surface area contributed by atoms with E-state index in [2.05, 4.69) is 5.32 Å². The molecule has 1 aromatic heterocycles. The molecule has 0 aliphatic carbocycles. The zero-order valence-corrected chi connectivity index (χ0v) is 11.4. The topological polar surface area (TPSA) is 112 Å². The van der Waals surface area contributed by atoms with Gasteiger partial charge in [-0.1, -0.05) is 13.8 Å². The van der Waals surface area contributed by atoms with Crippen LogP contribution in [0.1, 0.15) is 31.3 Å². The van der Waals surface area contributed by atoms with Gasteiger partial charge in [0.1, 0.15) is 11.0 Å². The lowest BCUT2D eigenvalue weighted by atomic mass is 10.0.